The van der Waals surface area contributed by atoms with Crippen molar-refractivity contribution in [1.82, 2.24) is 15.3 Å². The molecule has 0 bridgehead atoms. The Labute approximate surface area is 97.5 Å². The van der Waals surface area contributed by atoms with Gasteiger partial charge in [-0.15, -0.1) is 0 Å². The SMILES string of the molecule is CCCCCOc1cncc(CNCC)n1. The highest BCUT2D eigenvalue weighted by molar-refractivity contribution is 5.08. The molecule has 0 amide bonds. The van der Waals surface area contributed by atoms with Crippen LogP contribution in [0.1, 0.15) is 38.8 Å². The number of unbranched alkanes of at least 4 members (excludes halogenated alkanes) is 2. The van der Waals surface area contributed by atoms with Crippen LogP contribution in [0, 0.1) is 0 Å². The summed E-state index contributed by atoms with van der Waals surface area (Å²) >= 11 is 0. The maximum absolute atomic E-state index is 5.53. The van der Waals surface area contributed by atoms with E-state index in [4.69, 9.17) is 4.74 Å². The topological polar surface area (TPSA) is 47.0 Å². The number of nitrogens with zero attached hydrogens (tertiary/aromatic N) is 2. The van der Waals surface area contributed by atoms with E-state index in [1.54, 1.807) is 12.4 Å². The van der Waals surface area contributed by atoms with Crippen molar-refractivity contribution < 1.29 is 4.74 Å². The second-order valence-corrected chi connectivity index (χ2v) is 3.68. The van der Waals surface area contributed by atoms with E-state index in [0.717, 1.165) is 31.8 Å². The molecule has 1 aromatic rings. The summed E-state index contributed by atoms with van der Waals surface area (Å²) in [5.74, 6) is 0.631. The molecule has 0 unspecified atom stereocenters. The maximum Gasteiger partial charge on any atom is 0.232 e. The van der Waals surface area contributed by atoms with Crippen molar-refractivity contribution in [3.63, 3.8) is 0 Å². The molecule has 90 valence electrons. The highest BCUT2D eigenvalue weighted by Gasteiger charge is 1.99. The zero-order valence-electron chi connectivity index (χ0n) is 10.2. The minimum atomic E-state index is 0.631. The maximum atomic E-state index is 5.53. The van der Waals surface area contributed by atoms with Gasteiger partial charge in [-0.25, -0.2) is 4.98 Å². The first kappa shape index (κ1) is 12.9. The van der Waals surface area contributed by atoms with Crippen LogP contribution in [0.4, 0.5) is 0 Å². The van der Waals surface area contributed by atoms with Gasteiger partial charge in [-0.2, -0.15) is 0 Å². The van der Waals surface area contributed by atoms with E-state index in [-0.39, 0.29) is 0 Å². The van der Waals surface area contributed by atoms with Gasteiger partial charge in [0.2, 0.25) is 5.88 Å². The Balaban J connectivity index is 2.35. The van der Waals surface area contributed by atoms with Crippen LogP contribution in [-0.2, 0) is 6.54 Å². The number of aromatic nitrogens is 2. The van der Waals surface area contributed by atoms with E-state index in [2.05, 4.69) is 29.1 Å². The lowest BCUT2D eigenvalue weighted by Gasteiger charge is -2.06. The lowest BCUT2D eigenvalue weighted by atomic mass is 10.3. The normalized spacial score (nSPS) is 10.4. The number of rotatable bonds is 8. The molecule has 0 spiro atoms. The van der Waals surface area contributed by atoms with Gasteiger partial charge >= 0.3 is 0 Å². The first-order valence-corrected chi connectivity index (χ1v) is 6.01. The van der Waals surface area contributed by atoms with Gasteiger partial charge in [0.05, 0.1) is 18.5 Å². The number of hydrogen-bond acceptors (Lipinski definition) is 4. The van der Waals surface area contributed by atoms with Crippen LogP contribution in [0.2, 0.25) is 0 Å². The summed E-state index contributed by atoms with van der Waals surface area (Å²) in [6.07, 6.45) is 6.92. The van der Waals surface area contributed by atoms with Crippen LogP contribution in [0.3, 0.4) is 0 Å². The van der Waals surface area contributed by atoms with Gasteiger partial charge in [-0.3, -0.25) is 4.98 Å². The van der Waals surface area contributed by atoms with Gasteiger partial charge in [0.15, 0.2) is 0 Å². The zero-order valence-corrected chi connectivity index (χ0v) is 10.2. The molecule has 1 heterocycles. The molecule has 0 aliphatic rings. The molecule has 0 fully saturated rings. The largest absolute Gasteiger partial charge is 0.477 e. The molecule has 0 aromatic carbocycles. The van der Waals surface area contributed by atoms with Crippen molar-refractivity contribution in [2.24, 2.45) is 0 Å². The van der Waals surface area contributed by atoms with E-state index >= 15 is 0 Å². The van der Waals surface area contributed by atoms with Crippen molar-refractivity contribution in [1.29, 1.82) is 0 Å². The Kier molecular flexibility index (Phi) is 6.49. The molecular weight excluding hydrogens is 202 g/mol. The predicted molar refractivity (Wildman–Crippen MR) is 64.4 cm³/mol. The summed E-state index contributed by atoms with van der Waals surface area (Å²) in [6, 6.07) is 0. The van der Waals surface area contributed by atoms with Crippen LogP contribution in [0.25, 0.3) is 0 Å². The molecule has 0 saturated heterocycles. The van der Waals surface area contributed by atoms with Gasteiger partial charge in [-0.05, 0) is 13.0 Å². The van der Waals surface area contributed by atoms with E-state index < -0.39 is 0 Å². The van der Waals surface area contributed by atoms with E-state index in [0.29, 0.717) is 5.88 Å². The van der Waals surface area contributed by atoms with E-state index in [9.17, 15) is 0 Å². The quantitative estimate of drug-likeness (QED) is 0.686. The Hall–Kier alpha value is -1.16. The van der Waals surface area contributed by atoms with Crippen molar-refractivity contribution >= 4 is 0 Å². The number of nitrogens with one attached hydrogen (secondary N) is 1. The first-order valence-electron chi connectivity index (χ1n) is 6.01. The van der Waals surface area contributed by atoms with Gasteiger partial charge < -0.3 is 10.1 Å². The number of hydrogen-bond donors (Lipinski definition) is 1. The molecule has 4 nitrogen and oxygen atoms in total. The molecule has 4 heteroatoms. The molecule has 0 atom stereocenters. The predicted octanol–water partition coefficient (Wildman–Crippen LogP) is 2.16. The molecular formula is C12H21N3O. The Morgan fingerprint density at radius 2 is 2.12 bits per heavy atom. The molecule has 1 aromatic heterocycles. The lowest BCUT2D eigenvalue weighted by molar-refractivity contribution is 0.292. The van der Waals surface area contributed by atoms with Gasteiger partial charge in [0.25, 0.3) is 0 Å². The molecule has 16 heavy (non-hydrogen) atoms. The summed E-state index contributed by atoms with van der Waals surface area (Å²) in [5, 5.41) is 3.21. The zero-order chi connectivity index (χ0) is 11.6. The molecule has 0 radical (unpaired) electrons. The molecule has 1 N–H and O–H groups in total. The van der Waals surface area contributed by atoms with Gasteiger partial charge in [0, 0.05) is 12.7 Å². The van der Waals surface area contributed by atoms with Crippen molar-refractivity contribution in [3.8, 4) is 5.88 Å². The fraction of sp³-hybridized carbons (Fsp3) is 0.667. The second-order valence-electron chi connectivity index (χ2n) is 3.68. The Bertz CT molecular complexity index is 291. The number of ether oxygens (including phenoxy) is 1. The first-order chi connectivity index (χ1) is 7.86. The lowest BCUT2D eigenvalue weighted by Crippen LogP contribution is -2.13. The van der Waals surface area contributed by atoms with Crippen LogP contribution in [-0.4, -0.2) is 23.1 Å². The second kappa shape index (κ2) is 8.05. The summed E-state index contributed by atoms with van der Waals surface area (Å²) in [4.78, 5) is 8.47. The molecule has 0 aliphatic carbocycles. The highest BCUT2D eigenvalue weighted by atomic mass is 16.5. The smallest absolute Gasteiger partial charge is 0.232 e. The van der Waals surface area contributed by atoms with Crippen LogP contribution < -0.4 is 10.1 Å². The fourth-order valence-electron chi connectivity index (χ4n) is 1.32. The van der Waals surface area contributed by atoms with E-state index in [1.807, 2.05) is 0 Å². The fourth-order valence-corrected chi connectivity index (χ4v) is 1.32. The average molecular weight is 223 g/mol. The van der Waals surface area contributed by atoms with Crippen LogP contribution in [0.5, 0.6) is 5.88 Å². The Morgan fingerprint density at radius 3 is 2.88 bits per heavy atom. The van der Waals surface area contributed by atoms with Gasteiger partial charge in [0.1, 0.15) is 0 Å². The third kappa shape index (κ3) is 5.07. The molecule has 1 rings (SSSR count). The van der Waals surface area contributed by atoms with Crippen LogP contribution >= 0.6 is 0 Å². The third-order valence-electron chi connectivity index (χ3n) is 2.22. The minimum Gasteiger partial charge on any atom is -0.477 e. The summed E-state index contributed by atoms with van der Waals surface area (Å²) in [6.45, 7) is 6.65. The highest BCUT2D eigenvalue weighted by Crippen LogP contribution is 2.06. The van der Waals surface area contributed by atoms with Crippen molar-refractivity contribution in [3.05, 3.63) is 18.1 Å². The molecule has 0 saturated carbocycles. The summed E-state index contributed by atoms with van der Waals surface area (Å²) in [7, 11) is 0. The average Bonchev–Trinajstić information content (AvgIpc) is 2.33. The van der Waals surface area contributed by atoms with E-state index in [1.165, 1.54) is 12.8 Å². The van der Waals surface area contributed by atoms with Gasteiger partial charge in [-0.1, -0.05) is 26.7 Å². The minimum absolute atomic E-state index is 0.631. The summed E-state index contributed by atoms with van der Waals surface area (Å²) < 4.78 is 5.53. The Morgan fingerprint density at radius 1 is 1.25 bits per heavy atom. The van der Waals surface area contributed by atoms with Crippen LogP contribution in [0.15, 0.2) is 12.4 Å². The van der Waals surface area contributed by atoms with Crippen molar-refractivity contribution in [2.45, 2.75) is 39.7 Å². The standard InChI is InChI=1S/C12H21N3O/c1-3-5-6-7-16-12-10-14-9-11(15-12)8-13-4-2/h9-10,13H,3-8H2,1-2H3. The molecule has 0 aliphatic heterocycles. The summed E-state index contributed by atoms with van der Waals surface area (Å²) in [5.41, 5.74) is 0.926. The monoisotopic (exact) mass is 223 g/mol. The third-order valence-corrected chi connectivity index (χ3v) is 2.22. The van der Waals surface area contributed by atoms with Crippen molar-refractivity contribution in [2.75, 3.05) is 13.2 Å².